The van der Waals surface area contributed by atoms with Gasteiger partial charge in [-0.25, -0.2) is 4.79 Å². The molecule has 2 amide bonds. The maximum atomic E-state index is 12.5. The highest BCUT2D eigenvalue weighted by Gasteiger charge is 2.34. The van der Waals surface area contributed by atoms with Gasteiger partial charge in [-0.2, -0.15) is 4.98 Å². The molecule has 3 rings (SSSR count). The molecule has 0 spiro atoms. The van der Waals surface area contributed by atoms with Gasteiger partial charge in [0.2, 0.25) is 5.89 Å². The van der Waals surface area contributed by atoms with Crippen LogP contribution in [0.5, 0.6) is 5.75 Å². The first-order chi connectivity index (χ1) is 11.9. The monoisotopic (exact) mass is 344 g/mol. The predicted molar refractivity (Wildman–Crippen MR) is 92.2 cm³/mol. The summed E-state index contributed by atoms with van der Waals surface area (Å²) in [7, 11) is 0. The van der Waals surface area contributed by atoms with E-state index < -0.39 is 0 Å². The number of carbonyl (C=O) groups is 1. The number of para-hydroxylation sites is 1. The summed E-state index contributed by atoms with van der Waals surface area (Å²) in [5, 5.41) is 9.88. The molecule has 0 unspecified atom stereocenters. The Balaban J connectivity index is 1.72. The highest BCUT2D eigenvalue weighted by atomic mass is 16.5. The Hall–Kier alpha value is -2.57. The molecule has 0 aliphatic carbocycles. The Morgan fingerprint density at radius 2 is 2.16 bits per heavy atom. The number of hydrogen-bond acceptors (Lipinski definition) is 5. The third kappa shape index (κ3) is 3.92. The number of amides is 2. The van der Waals surface area contributed by atoms with Gasteiger partial charge in [-0.1, -0.05) is 30.3 Å². The molecule has 7 nitrogen and oxygen atoms in total. The Kier molecular flexibility index (Phi) is 4.65. The molecule has 0 bridgehead atoms. The van der Waals surface area contributed by atoms with Crippen LogP contribution < -0.4 is 15.4 Å². The summed E-state index contributed by atoms with van der Waals surface area (Å²) >= 11 is 0. The zero-order valence-corrected chi connectivity index (χ0v) is 15.0. The molecule has 0 saturated heterocycles. The van der Waals surface area contributed by atoms with Crippen LogP contribution in [0.25, 0.3) is 0 Å². The smallest absolute Gasteiger partial charge is 0.315 e. The van der Waals surface area contributed by atoms with Gasteiger partial charge in [0, 0.05) is 18.9 Å². The standard InChI is InChI=1S/C18H24N4O3/c1-5-13(16-19-11(2)25-22-16)20-17(23)21-14-10-18(3,4)24-15-9-7-6-8-12(14)15/h6-9,13-14H,5,10H2,1-4H3,(H2,20,21,23)/t13-,14-/m1/s1. The first kappa shape index (κ1) is 17.3. The van der Waals surface area contributed by atoms with Gasteiger partial charge in [-0.3, -0.25) is 0 Å². The van der Waals surface area contributed by atoms with Crippen molar-refractivity contribution in [3.63, 3.8) is 0 Å². The van der Waals surface area contributed by atoms with Crippen LogP contribution in [-0.4, -0.2) is 21.8 Å². The second-order valence-electron chi connectivity index (χ2n) is 6.91. The molecule has 2 aromatic rings. The van der Waals surface area contributed by atoms with Gasteiger partial charge in [0.25, 0.3) is 0 Å². The van der Waals surface area contributed by atoms with Crippen LogP contribution in [0.2, 0.25) is 0 Å². The van der Waals surface area contributed by atoms with E-state index in [9.17, 15) is 4.79 Å². The van der Waals surface area contributed by atoms with Crippen LogP contribution in [-0.2, 0) is 0 Å². The van der Waals surface area contributed by atoms with Crippen LogP contribution in [0, 0.1) is 6.92 Å². The third-order valence-corrected chi connectivity index (χ3v) is 4.25. The van der Waals surface area contributed by atoms with E-state index in [0.717, 1.165) is 11.3 Å². The summed E-state index contributed by atoms with van der Waals surface area (Å²) in [5.41, 5.74) is 0.641. The molecule has 1 aromatic carbocycles. The van der Waals surface area contributed by atoms with Gasteiger partial charge in [-0.05, 0) is 26.3 Å². The zero-order chi connectivity index (χ0) is 18.0. The van der Waals surface area contributed by atoms with Gasteiger partial charge in [0.05, 0.1) is 12.1 Å². The Morgan fingerprint density at radius 3 is 2.84 bits per heavy atom. The summed E-state index contributed by atoms with van der Waals surface area (Å²) in [5.74, 6) is 1.78. The number of carbonyl (C=O) groups excluding carboxylic acids is 1. The van der Waals surface area contributed by atoms with Gasteiger partial charge in [0.15, 0.2) is 5.82 Å². The average molecular weight is 344 g/mol. The van der Waals surface area contributed by atoms with Gasteiger partial charge in [0.1, 0.15) is 11.4 Å². The Morgan fingerprint density at radius 1 is 1.40 bits per heavy atom. The van der Waals surface area contributed by atoms with Crippen LogP contribution in [0.4, 0.5) is 4.79 Å². The largest absolute Gasteiger partial charge is 0.487 e. The zero-order valence-electron chi connectivity index (χ0n) is 15.0. The predicted octanol–water partition coefficient (Wildman–Crippen LogP) is 3.43. The van der Waals surface area contributed by atoms with E-state index in [2.05, 4.69) is 20.8 Å². The van der Waals surface area contributed by atoms with Crippen molar-refractivity contribution in [2.75, 3.05) is 0 Å². The summed E-state index contributed by atoms with van der Waals surface area (Å²) in [4.78, 5) is 16.7. The topological polar surface area (TPSA) is 89.3 Å². The molecule has 1 aliphatic rings. The highest BCUT2D eigenvalue weighted by Crippen LogP contribution is 2.39. The number of rotatable bonds is 4. The highest BCUT2D eigenvalue weighted by molar-refractivity contribution is 5.75. The number of fused-ring (bicyclic) bond motifs is 1. The van der Waals surface area contributed by atoms with Crippen molar-refractivity contribution in [2.45, 2.75) is 58.2 Å². The van der Waals surface area contributed by atoms with Crippen LogP contribution in [0.3, 0.4) is 0 Å². The van der Waals surface area contributed by atoms with Gasteiger partial charge in [-0.15, -0.1) is 0 Å². The number of ether oxygens (including phenoxy) is 1. The lowest BCUT2D eigenvalue weighted by atomic mass is 9.90. The summed E-state index contributed by atoms with van der Waals surface area (Å²) in [6.45, 7) is 7.73. The van der Waals surface area contributed by atoms with Crippen molar-refractivity contribution in [1.29, 1.82) is 0 Å². The van der Waals surface area contributed by atoms with E-state index in [0.29, 0.717) is 24.6 Å². The SMILES string of the molecule is CC[C@@H](NC(=O)N[C@@H]1CC(C)(C)Oc2ccccc21)c1noc(C)n1. The quantitative estimate of drug-likeness (QED) is 0.887. The number of nitrogens with zero attached hydrogens (tertiary/aromatic N) is 2. The lowest BCUT2D eigenvalue weighted by molar-refractivity contribution is 0.0678. The molecule has 0 saturated carbocycles. The van der Waals surface area contributed by atoms with Crippen LogP contribution in [0.15, 0.2) is 28.8 Å². The second kappa shape index (κ2) is 6.74. The second-order valence-corrected chi connectivity index (χ2v) is 6.91. The molecule has 1 aromatic heterocycles. The molecule has 25 heavy (non-hydrogen) atoms. The molecule has 2 heterocycles. The van der Waals surface area contributed by atoms with E-state index in [1.807, 2.05) is 45.0 Å². The summed E-state index contributed by atoms with van der Waals surface area (Å²) in [6, 6.07) is 7.12. The molecule has 0 radical (unpaired) electrons. The van der Waals surface area contributed by atoms with E-state index in [-0.39, 0.29) is 23.7 Å². The average Bonchev–Trinajstić information content (AvgIpc) is 2.98. The number of aryl methyl sites for hydroxylation is 1. The first-order valence-corrected chi connectivity index (χ1v) is 8.53. The minimum Gasteiger partial charge on any atom is -0.487 e. The molecule has 134 valence electrons. The fraction of sp³-hybridized carbons (Fsp3) is 0.500. The van der Waals surface area contributed by atoms with Crippen molar-refractivity contribution in [3.8, 4) is 5.75 Å². The Labute approximate surface area is 147 Å². The number of urea groups is 1. The van der Waals surface area contributed by atoms with Crippen molar-refractivity contribution in [3.05, 3.63) is 41.5 Å². The van der Waals surface area contributed by atoms with E-state index >= 15 is 0 Å². The number of benzene rings is 1. The van der Waals surface area contributed by atoms with Crippen molar-refractivity contribution >= 4 is 6.03 Å². The lowest BCUT2D eigenvalue weighted by Crippen LogP contribution is -2.45. The number of aromatic nitrogens is 2. The van der Waals surface area contributed by atoms with Crippen molar-refractivity contribution in [1.82, 2.24) is 20.8 Å². The minimum atomic E-state index is -0.346. The third-order valence-electron chi connectivity index (χ3n) is 4.25. The summed E-state index contributed by atoms with van der Waals surface area (Å²) in [6.07, 6.45) is 1.36. The fourth-order valence-corrected chi connectivity index (χ4v) is 3.09. The lowest BCUT2D eigenvalue weighted by Gasteiger charge is -2.38. The molecule has 2 N–H and O–H groups in total. The number of hydrogen-bond donors (Lipinski definition) is 2. The molecular weight excluding hydrogens is 320 g/mol. The number of nitrogens with one attached hydrogen (secondary N) is 2. The van der Waals surface area contributed by atoms with Crippen LogP contribution in [0.1, 0.15) is 63.0 Å². The van der Waals surface area contributed by atoms with Gasteiger partial charge < -0.3 is 19.9 Å². The molecule has 1 aliphatic heterocycles. The normalized spacial score (nSPS) is 19.4. The first-order valence-electron chi connectivity index (χ1n) is 8.53. The van der Waals surface area contributed by atoms with E-state index in [4.69, 9.17) is 9.26 Å². The fourth-order valence-electron chi connectivity index (χ4n) is 3.09. The van der Waals surface area contributed by atoms with Crippen molar-refractivity contribution in [2.24, 2.45) is 0 Å². The van der Waals surface area contributed by atoms with E-state index in [1.165, 1.54) is 0 Å². The molecule has 2 atom stereocenters. The molecular formula is C18H24N4O3. The van der Waals surface area contributed by atoms with Gasteiger partial charge >= 0.3 is 6.03 Å². The van der Waals surface area contributed by atoms with E-state index in [1.54, 1.807) is 6.92 Å². The van der Waals surface area contributed by atoms with Crippen molar-refractivity contribution < 1.29 is 14.1 Å². The van der Waals surface area contributed by atoms with Crippen LogP contribution >= 0.6 is 0 Å². The minimum absolute atomic E-state index is 0.121. The molecule has 7 heteroatoms. The Bertz CT molecular complexity index is 756. The summed E-state index contributed by atoms with van der Waals surface area (Å²) < 4.78 is 11.0. The molecule has 0 fully saturated rings. The maximum Gasteiger partial charge on any atom is 0.315 e. The maximum absolute atomic E-state index is 12.5.